The number of nitrogens with two attached hydrogens (primary N) is 1. The summed E-state index contributed by atoms with van der Waals surface area (Å²) in [5, 5.41) is 22.4. The minimum absolute atomic E-state index is 0.195. The highest BCUT2D eigenvalue weighted by Gasteiger charge is 2.23. The first-order valence-electron chi connectivity index (χ1n) is 11.0. The van der Waals surface area contributed by atoms with Gasteiger partial charge >= 0.3 is 11.9 Å². The normalized spacial score (nSPS) is 13.2. The molecule has 0 spiro atoms. The largest absolute Gasteiger partial charge is 0.480 e. The van der Waals surface area contributed by atoms with Gasteiger partial charge in [0, 0.05) is 18.2 Å². The van der Waals surface area contributed by atoms with Crippen LogP contribution in [-0.4, -0.2) is 68.3 Å². The van der Waals surface area contributed by atoms with E-state index in [-0.39, 0.29) is 36.4 Å². The number of nitrogens with zero attached hydrogens (tertiary/aromatic N) is 3. The zero-order valence-electron chi connectivity index (χ0n) is 19.1. The van der Waals surface area contributed by atoms with Crippen molar-refractivity contribution >= 4 is 35.5 Å². The van der Waals surface area contributed by atoms with Crippen LogP contribution >= 0.6 is 0 Å². The molecule has 1 aromatic heterocycles. The number of aliphatic carboxylic acids is 2. The number of aromatic nitrogens is 2. The number of aliphatic imine (C=N–C) groups is 1. The maximum absolute atomic E-state index is 12.5. The van der Waals surface area contributed by atoms with E-state index in [9.17, 15) is 29.1 Å². The number of carbonyl (C=O) groups excluding carboxylic acids is 3. The first-order chi connectivity index (χ1) is 17.1. The van der Waals surface area contributed by atoms with E-state index in [1.165, 1.54) is 0 Å². The van der Waals surface area contributed by atoms with Gasteiger partial charge in [0.1, 0.15) is 18.4 Å². The lowest BCUT2D eigenvalue weighted by Gasteiger charge is -2.14. The molecule has 1 aliphatic heterocycles. The fraction of sp³-hybridized carbons (Fsp3) is 0.304. The number of carbonyl (C=O) groups is 5. The number of aryl methyl sites for hydroxylation is 2. The second-order valence-electron chi connectivity index (χ2n) is 8.01. The summed E-state index contributed by atoms with van der Waals surface area (Å²) >= 11 is 0. The van der Waals surface area contributed by atoms with Gasteiger partial charge in [-0.3, -0.25) is 24.2 Å². The fourth-order valence-corrected chi connectivity index (χ4v) is 3.40. The molecule has 0 bridgehead atoms. The van der Waals surface area contributed by atoms with Crippen LogP contribution in [0.3, 0.4) is 0 Å². The van der Waals surface area contributed by atoms with Crippen LogP contribution in [-0.2, 0) is 33.6 Å². The Morgan fingerprint density at radius 3 is 2.47 bits per heavy atom. The van der Waals surface area contributed by atoms with Gasteiger partial charge in [-0.15, -0.1) is 0 Å². The fourth-order valence-electron chi connectivity index (χ4n) is 3.40. The lowest BCUT2D eigenvalue weighted by atomic mass is 10.0. The number of nitrogens with one attached hydrogen (secondary N) is 2. The lowest BCUT2D eigenvalue weighted by molar-refractivity contribution is -0.140. The number of hydrogen-bond donors (Lipinski definition) is 5. The molecule has 3 amide bonds. The molecule has 1 aliphatic rings. The van der Waals surface area contributed by atoms with E-state index < -0.39 is 42.2 Å². The second kappa shape index (κ2) is 11.6. The summed E-state index contributed by atoms with van der Waals surface area (Å²) < 4.78 is 0. The molecular formula is C23H24N6O7. The number of benzene rings is 1. The van der Waals surface area contributed by atoms with Crippen LogP contribution in [0.5, 0.6) is 0 Å². The van der Waals surface area contributed by atoms with E-state index in [4.69, 9.17) is 10.8 Å². The highest BCUT2D eigenvalue weighted by molar-refractivity contribution is 6.06. The first kappa shape index (κ1) is 25.9. The van der Waals surface area contributed by atoms with Crippen molar-refractivity contribution in [1.82, 2.24) is 20.6 Å². The van der Waals surface area contributed by atoms with E-state index in [0.717, 1.165) is 5.56 Å². The Balaban J connectivity index is 1.53. The van der Waals surface area contributed by atoms with E-state index in [1.54, 1.807) is 30.5 Å². The van der Waals surface area contributed by atoms with Gasteiger partial charge in [-0.1, -0.05) is 12.1 Å². The maximum Gasteiger partial charge on any atom is 0.326 e. The van der Waals surface area contributed by atoms with Crippen LogP contribution in [0.4, 0.5) is 0 Å². The monoisotopic (exact) mass is 496 g/mol. The van der Waals surface area contributed by atoms with E-state index in [0.29, 0.717) is 24.2 Å². The van der Waals surface area contributed by atoms with Crippen molar-refractivity contribution in [2.45, 2.75) is 38.1 Å². The summed E-state index contributed by atoms with van der Waals surface area (Å²) in [4.78, 5) is 70.3. The molecule has 0 saturated heterocycles. The SMILES string of the molecule is NC1=NC(=O)c2nc(CCc3ccc(C(=O)N[C@@H](CCC(=O)NCC(=O)O)C(=O)O)cc3)cnc2C1. The summed E-state index contributed by atoms with van der Waals surface area (Å²) in [6.07, 6.45) is 2.44. The number of amides is 3. The average molecular weight is 496 g/mol. The smallest absolute Gasteiger partial charge is 0.326 e. The van der Waals surface area contributed by atoms with E-state index in [1.807, 2.05) is 0 Å². The van der Waals surface area contributed by atoms with Gasteiger partial charge in [0.05, 0.1) is 17.8 Å². The highest BCUT2D eigenvalue weighted by Crippen LogP contribution is 2.14. The van der Waals surface area contributed by atoms with Gasteiger partial charge in [-0.2, -0.15) is 4.99 Å². The highest BCUT2D eigenvalue weighted by atomic mass is 16.4. The summed E-state index contributed by atoms with van der Waals surface area (Å²) in [5.74, 6) is -4.11. The summed E-state index contributed by atoms with van der Waals surface area (Å²) in [6.45, 7) is -0.573. The predicted molar refractivity (Wildman–Crippen MR) is 124 cm³/mol. The van der Waals surface area contributed by atoms with Crippen molar-refractivity contribution in [2.24, 2.45) is 10.7 Å². The third-order valence-electron chi connectivity index (χ3n) is 5.28. The number of fused-ring (bicyclic) bond motifs is 1. The maximum atomic E-state index is 12.5. The third kappa shape index (κ3) is 7.16. The number of carboxylic acids is 2. The standard InChI is InChI=1S/C23H24N6O7/c24-17-9-16-20(22(34)29-17)27-14(10-25-16)6-3-12-1-4-13(5-2-12)21(33)28-15(23(35)36)7-8-18(30)26-11-19(31)32/h1-2,4-5,10,15H,3,6-9,11H2,(H,26,30)(H,28,33)(H,31,32)(H,35,36)(H2,24,29,34)/t15-/m0/s1. The van der Waals surface area contributed by atoms with Gasteiger partial charge in [0.25, 0.3) is 11.8 Å². The van der Waals surface area contributed by atoms with Crippen LogP contribution in [0.15, 0.2) is 35.5 Å². The Morgan fingerprint density at radius 2 is 1.81 bits per heavy atom. The zero-order chi connectivity index (χ0) is 26.2. The molecular weight excluding hydrogens is 472 g/mol. The molecule has 13 heteroatoms. The van der Waals surface area contributed by atoms with Crippen molar-refractivity contribution in [1.29, 1.82) is 0 Å². The molecule has 0 fully saturated rings. The molecule has 0 aliphatic carbocycles. The summed E-state index contributed by atoms with van der Waals surface area (Å²) in [5.41, 5.74) is 8.01. The molecule has 188 valence electrons. The molecule has 6 N–H and O–H groups in total. The third-order valence-corrected chi connectivity index (χ3v) is 5.28. The minimum atomic E-state index is -1.32. The van der Waals surface area contributed by atoms with Crippen molar-refractivity contribution in [2.75, 3.05) is 6.54 Å². The Kier molecular flexibility index (Phi) is 8.39. The number of rotatable bonds is 11. The molecule has 1 atom stereocenters. The Bertz CT molecular complexity index is 1230. The molecule has 0 radical (unpaired) electrons. The van der Waals surface area contributed by atoms with Crippen LogP contribution in [0.2, 0.25) is 0 Å². The van der Waals surface area contributed by atoms with Crippen LogP contribution < -0.4 is 16.4 Å². The van der Waals surface area contributed by atoms with Gasteiger partial charge in [0.2, 0.25) is 5.91 Å². The molecule has 13 nitrogen and oxygen atoms in total. The molecule has 0 unspecified atom stereocenters. The second-order valence-corrected chi connectivity index (χ2v) is 8.01. The Morgan fingerprint density at radius 1 is 1.08 bits per heavy atom. The number of hydrogen-bond acceptors (Lipinski definition) is 8. The van der Waals surface area contributed by atoms with Gasteiger partial charge in [-0.25, -0.2) is 9.78 Å². The zero-order valence-corrected chi connectivity index (χ0v) is 19.1. The van der Waals surface area contributed by atoms with Crippen LogP contribution in [0, 0.1) is 0 Å². The van der Waals surface area contributed by atoms with Crippen molar-refractivity contribution in [3.05, 3.63) is 58.7 Å². The van der Waals surface area contributed by atoms with Crippen molar-refractivity contribution < 1.29 is 34.2 Å². The quantitative estimate of drug-likeness (QED) is 0.268. The molecule has 0 saturated carbocycles. The predicted octanol–water partition coefficient (Wildman–Crippen LogP) is -0.521. The lowest BCUT2D eigenvalue weighted by Crippen LogP contribution is -2.41. The van der Waals surface area contributed by atoms with Gasteiger partial charge < -0.3 is 26.6 Å². The first-order valence-corrected chi connectivity index (χ1v) is 11.0. The molecule has 1 aromatic carbocycles. The van der Waals surface area contributed by atoms with E-state index >= 15 is 0 Å². The molecule has 36 heavy (non-hydrogen) atoms. The van der Waals surface area contributed by atoms with E-state index in [2.05, 4.69) is 25.6 Å². The topological polar surface area (TPSA) is 214 Å². The minimum Gasteiger partial charge on any atom is -0.480 e. The summed E-state index contributed by atoms with van der Waals surface area (Å²) in [7, 11) is 0. The van der Waals surface area contributed by atoms with Gasteiger partial charge in [0.15, 0.2) is 5.69 Å². The molecule has 3 rings (SSSR count). The summed E-state index contributed by atoms with van der Waals surface area (Å²) in [6, 6.07) is 5.20. The Hall–Kier alpha value is -4.68. The average Bonchev–Trinajstić information content (AvgIpc) is 2.84. The van der Waals surface area contributed by atoms with Crippen LogP contribution in [0.25, 0.3) is 0 Å². The van der Waals surface area contributed by atoms with Crippen molar-refractivity contribution in [3.8, 4) is 0 Å². The molecule has 2 aromatic rings. The van der Waals surface area contributed by atoms with Gasteiger partial charge in [-0.05, 0) is 37.0 Å². The van der Waals surface area contributed by atoms with Crippen molar-refractivity contribution in [3.63, 3.8) is 0 Å². The Labute approximate surface area is 204 Å². The molecule has 2 heterocycles. The number of amidine groups is 1. The van der Waals surface area contributed by atoms with Crippen LogP contribution in [0.1, 0.15) is 50.6 Å². The number of carboxylic acid groups (broad SMARTS) is 2.